The molecule has 3 atom stereocenters. The molecule has 2 aliphatic carbocycles. The van der Waals surface area contributed by atoms with E-state index in [-0.39, 0.29) is 34.3 Å². The van der Waals surface area contributed by atoms with Crippen LogP contribution in [-0.4, -0.2) is 25.9 Å². The molecule has 0 aliphatic heterocycles. The van der Waals surface area contributed by atoms with E-state index in [9.17, 15) is 13.6 Å². The van der Waals surface area contributed by atoms with Gasteiger partial charge >= 0.3 is 0 Å². The maximum Gasteiger partial charge on any atom is 0.183 e. The van der Waals surface area contributed by atoms with Gasteiger partial charge in [0.2, 0.25) is 0 Å². The summed E-state index contributed by atoms with van der Waals surface area (Å²) in [5.41, 5.74) is 2.00. The third kappa shape index (κ3) is 3.12. The highest BCUT2D eigenvalue weighted by atomic mass is 19.1. The summed E-state index contributed by atoms with van der Waals surface area (Å²) < 4.78 is 28.9. The molecule has 7 heteroatoms. The van der Waals surface area contributed by atoms with Crippen LogP contribution in [0.15, 0.2) is 36.7 Å². The first-order valence-corrected chi connectivity index (χ1v) is 11.9. The normalized spacial score (nSPS) is 23.1. The van der Waals surface area contributed by atoms with E-state index >= 15 is 0 Å². The van der Waals surface area contributed by atoms with E-state index in [0.717, 1.165) is 30.5 Å². The summed E-state index contributed by atoms with van der Waals surface area (Å²) in [6, 6.07) is 5.57. The zero-order valence-electron chi connectivity index (χ0n) is 19.9. The molecular formula is C27H28F2N4O. The summed E-state index contributed by atoms with van der Waals surface area (Å²) >= 11 is 0. The topological polar surface area (TPSA) is 68.6 Å². The molecule has 2 bridgehead atoms. The molecule has 34 heavy (non-hydrogen) atoms. The Bertz CT molecular complexity index is 1270. The fourth-order valence-corrected chi connectivity index (χ4v) is 6.03. The van der Waals surface area contributed by atoms with Gasteiger partial charge in [0.25, 0.3) is 0 Å². The van der Waals surface area contributed by atoms with Crippen LogP contribution in [0, 0.1) is 23.0 Å². The second-order valence-corrected chi connectivity index (χ2v) is 10.3. The molecule has 0 radical (unpaired) electrons. The highest BCUT2D eigenvalue weighted by Gasteiger charge is 2.65. The molecule has 0 spiro atoms. The summed E-state index contributed by atoms with van der Waals surface area (Å²) in [5, 5.41) is 8.80. The van der Waals surface area contributed by atoms with Crippen LogP contribution < -0.4 is 0 Å². The van der Waals surface area contributed by atoms with E-state index in [0.29, 0.717) is 17.8 Å². The number of ketones is 1. The zero-order chi connectivity index (χ0) is 24.3. The van der Waals surface area contributed by atoms with Gasteiger partial charge in [-0.2, -0.15) is 5.10 Å². The molecule has 5 nitrogen and oxygen atoms in total. The van der Waals surface area contributed by atoms with Crippen molar-refractivity contribution in [3.05, 3.63) is 70.9 Å². The van der Waals surface area contributed by atoms with Gasteiger partial charge in [0.1, 0.15) is 17.3 Å². The van der Waals surface area contributed by atoms with Gasteiger partial charge in [0.05, 0.1) is 34.3 Å². The second kappa shape index (κ2) is 8.00. The number of rotatable bonds is 6. The van der Waals surface area contributed by atoms with Crippen LogP contribution in [0.1, 0.15) is 86.7 Å². The Morgan fingerprint density at radius 2 is 1.91 bits per heavy atom. The first-order chi connectivity index (χ1) is 16.2. The third-order valence-corrected chi connectivity index (χ3v) is 8.19. The fraction of sp³-hybridized carbons (Fsp3) is 0.444. The van der Waals surface area contributed by atoms with Crippen molar-refractivity contribution in [1.29, 1.82) is 0 Å². The lowest BCUT2D eigenvalue weighted by atomic mass is 9.66. The lowest BCUT2D eigenvalue weighted by Crippen LogP contribution is -2.38. The number of halogens is 2. The molecule has 2 heterocycles. The smallest absolute Gasteiger partial charge is 0.183 e. The van der Waals surface area contributed by atoms with E-state index in [2.05, 4.69) is 42.9 Å². The predicted octanol–water partition coefficient (Wildman–Crippen LogP) is 6.03. The van der Waals surface area contributed by atoms with Crippen molar-refractivity contribution in [2.24, 2.45) is 11.3 Å². The average Bonchev–Trinajstić information content (AvgIpc) is 3.20. The minimum absolute atomic E-state index is 0.0119. The molecule has 0 saturated heterocycles. The summed E-state index contributed by atoms with van der Waals surface area (Å²) in [6.07, 6.45) is 6.31. The number of fused-ring (bicyclic) bond motifs is 5. The third-order valence-electron chi connectivity index (χ3n) is 8.19. The highest BCUT2D eigenvalue weighted by molar-refractivity contribution is 5.94. The Morgan fingerprint density at radius 1 is 1.18 bits per heavy atom. The molecule has 5 rings (SSSR count). The first kappa shape index (κ1) is 22.7. The monoisotopic (exact) mass is 462 g/mol. The number of carbonyl (C=O) groups excluding carboxylic acids is 1. The number of benzene rings is 1. The van der Waals surface area contributed by atoms with Crippen molar-refractivity contribution in [2.45, 2.75) is 64.7 Å². The standard InChI is InChI=1S/C27H28F2N4O/c1-5-15(2)11-22(34)21-13-30-14-23(31-21)27-10-9-17(26(27,3)4)16-12-20(32-33-25(16)27)24-18(28)7-6-8-19(24)29/h6-8,12-15,17H,5,9-11H2,1-4H3/t15-,17+,27+/m1/s1. The molecule has 1 aromatic carbocycles. The van der Waals surface area contributed by atoms with Gasteiger partial charge in [-0.15, -0.1) is 5.10 Å². The van der Waals surface area contributed by atoms with Crippen LogP contribution in [0.3, 0.4) is 0 Å². The molecule has 2 aromatic heterocycles. The van der Waals surface area contributed by atoms with Gasteiger partial charge < -0.3 is 0 Å². The van der Waals surface area contributed by atoms with Gasteiger partial charge in [0.15, 0.2) is 5.78 Å². The van der Waals surface area contributed by atoms with Crippen molar-refractivity contribution in [3.8, 4) is 11.3 Å². The van der Waals surface area contributed by atoms with Gasteiger partial charge in [-0.25, -0.2) is 13.8 Å². The lowest BCUT2D eigenvalue weighted by Gasteiger charge is -2.37. The lowest BCUT2D eigenvalue weighted by molar-refractivity contribution is 0.0957. The molecule has 2 aliphatic rings. The molecule has 0 amide bonds. The molecule has 1 fully saturated rings. The summed E-state index contributed by atoms with van der Waals surface area (Å²) in [4.78, 5) is 22.1. The number of Topliss-reactive ketones (excluding diaryl/α,β-unsaturated/α-hetero) is 1. The van der Waals surface area contributed by atoms with Crippen LogP contribution in [0.2, 0.25) is 0 Å². The van der Waals surface area contributed by atoms with E-state index in [1.807, 2.05) is 0 Å². The second-order valence-electron chi connectivity index (χ2n) is 10.3. The van der Waals surface area contributed by atoms with Crippen molar-refractivity contribution in [1.82, 2.24) is 20.2 Å². The van der Waals surface area contributed by atoms with Crippen LogP contribution in [-0.2, 0) is 5.41 Å². The fourth-order valence-electron chi connectivity index (χ4n) is 6.03. The van der Waals surface area contributed by atoms with Gasteiger partial charge in [-0.1, -0.05) is 40.2 Å². The number of hydrogen-bond donors (Lipinski definition) is 0. The Balaban J connectivity index is 1.62. The van der Waals surface area contributed by atoms with E-state index in [1.165, 1.54) is 24.4 Å². The molecular weight excluding hydrogens is 434 g/mol. The van der Waals surface area contributed by atoms with E-state index < -0.39 is 17.0 Å². The quantitative estimate of drug-likeness (QED) is 0.418. The van der Waals surface area contributed by atoms with Crippen LogP contribution in [0.4, 0.5) is 8.78 Å². The molecule has 0 unspecified atom stereocenters. The largest absolute Gasteiger partial charge is 0.292 e. The highest BCUT2D eigenvalue weighted by Crippen LogP contribution is 2.69. The Hall–Kier alpha value is -3.09. The van der Waals surface area contributed by atoms with E-state index in [1.54, 1.807) is 12.3 Å². The van der Waals surface area contributed by atoms with Crippen molar-refractivity contribution in [3.63, 3.8) is 0 Å². The number of carbonyl (C=O) groups is 1. The Labute approximate surface area is 198 Å². The van der Waals surface area contributed by atoms with Crippen LogP contribution in [0.25, 0.3) is 11.3 Å². The maximum atomic E-state index is 14.4. The maximum absolute atomic E-state index is 14.4. The van der Waals surface area contributed by atoms with Gasteiger partial charge in [-0.05, 0) is 53.9 Å². The average molecular weight is 463 g/mol. The number of hydrogen-bond acceptors (Lipinski definition) is 5. The molecule has 3 aromatic rings. The van der Waals surface area contributed by atoms with Crippen molar-refractivity contribution >= 4 is 5.78 Å². The Kier molecular flexibility index (Phi) is 5.34. The van der Waals surface area contributed by atoms with Gasteiger partial charge in [0, 0.05) is 12.6 Å². The summed E-state index contributed by atoms with van der Waals surface area (Å²) in [7, 11) is 0. The Morgan fingerprint density at radius 3 is 2.62 bits per heavy atom. The van der Waals surface area contributed by atoms with Gasteiger partial charge in [-0.3, -0.25) is 9.78 Å². The predicted molar refractivity (Wildman–Crippen MR) is 124 cm³/mol. The summed E-state index contributed by atoms with van der Waals surface area (Å²) in [6.45, 7) is 8.46. The van der Waals surface area contributed by atoms with Crippen LogP contribution >= 0.6 is 0 Å². The molecule has 176 valence electrons. The minimum Gasteiger partial charge on any atom is -0.292 e. The number of nitrogens with zero attached hydrogens (tertiary/aromatic N) is 4. The first-order valence-electron chi connectivity index (χ1n) is 11.9. The number of aromatic nitrogens is 4. The van der Waals surface area contributed by atoms with Crippen molar-refractivity contribution < 1.29 is 13.6 Å². The SMILES string of the molecule is CC[C@@H](C)CC(=O)c1cncc([C@@]23CC[C@@H](c4cc(-c5c(F)cccc5F)nnc42)C3(C)C)n1. The van der Waals surface area contributed by atoms with E-state index in [4.69, 9.17) is 4.98 Å². The molecule has 0 N–H and O–H groups in total. The summed E-state index contributed by atoms with van der Waals surface area (Å²) in [5.74, 6) is -0.928. The minimum atomic E-state index is -0.662. The molecule has 1 saturated carbocycles. The zero-order valence-corrected chi connectivity index (χ0v) is 19.9. The van der Waals surface area contributed by atoms with Crippen LogP contribution in [0.5, 0.6) is 0 Å². The van der Waals surface area contributed by atoms with Crippen molar-refractivity contribution in [2.75, 3.05) is 0 Å².